The molecule has 2 rings (SSSR count). The standard InChI is InChI=1S/C17H22N2O5/c1-23-16(21)8-7-15(20)18-9-11-19(12-10-18)17(22)24-13-14-5-3-2-4-6-14/h2-6H,7-13H2,1H3. The van der Waals surface area contributed by atoms with Crippen molar-refractivity contribution in [1.82, 2.24) is 9.80 Å². The van der Waals surface area contributed by atoms with Gasteiger partial charge in [0.25, 0.3) is 0 Å². The molecule has 1 aliphatic heterocycles. The summed E-state index contributed by atoms with van der Waals surface area (Å²) < 4.78 is 9.80. The van der Waals surface area contributed by atoms with Crippen LogP contribution in [0.5, 0.6) is 0 Å². The Kier molecular flexibility index (Phi) is 6.60. The normalized spacial score (nSPS) is 14.2. The second-order valence-corrected chi connectivity index (χ2v) is 5.48. The van der Waals surface area contributed by atoms with E-state index in [0.29, 0.717) is 26.2 Å². The number of ether oxygens (including phenoxy) is 2. The Hall–Kier alpha value is -2.57. The third-order valence-corrected chi connectivity index (χ3v) is 3.87. The minimum absolute atomic E-state index is 0.0780. The first-order valence-corrected chi connectivity index (χ1v) is 7.90. The first kappa shape index (κ1) is 17.8. The van der Waals surface area contributed by atoms with Crippen molar-refractivity contribution in [2.24, 2.45) is 0 Å². The van der Waals surface area contributed by atoms with Crippen LogP contribution in [0.2, 0.25) is 0 Å². The van der Waals surface area contributed by atoms with Gasteiger partial charge in [0.05, 0.1) is 13.5 Å². The van der Waals surface area contributed by atoms with Gasteiger partial charge >= 0.3 is 12.1 Å². The molecular weight excluding hydrogens is 312 g/mol. The first-order chi connectivity index (χ1) is 11.6. The van der Waals surface area contributed by atoms with Crippen LogP contribution in [0.4, 0.5) is 4.79 Å². The van der Waals surface area contributed by atoms with Crippen LogP contribution >= 0.6 is 0 Å². The molecular formula is C17H22N2O5. The molecule has 0 aliphatic carbocycles. The molecule has 1 aliphatic rings. The number of esters is 1. The predicted octanol–water partition coefficient (Wildman–Crippen LogP) is 1.42. The molecule has 1 saturated heterocycles. The van der Waals surface area contributed by atoms with Crippen LogP contribution in [0.25, 0.3) is 0 Å². The van der Waals surface area contributed by atoms with Crippen LogP contribution in [-0.2, 0) is 25.7 Å². The van der Waals surface area contributed by atoms with E-state index in [-0.39, 0.29) is 31.4 Å². The summed E-state index contributed by atoms with van der Waals surface area (Å²) in [4.78, 5) is 38.3. The predicted molar refractivity (Wildman–Crippen MR) is 86.0 cm³/mol. The summed E-state index contributed by atoms with van der Waals surface area (Å²) in [6, 6.07) is 9.47. The van der Waals surface area contributed by atoms with E-state index in [4.69, 9.17) is 4.74 Å². The molecule has 1 fully saturated rings. The molecule has 0 N–H and O–H groups in total. The van der Waals surface area contributed by atoms with Gasteiger partial charge in [-0.05, 0) is 5.56 Å². The summed E-state index contributed by atoms with van der Waals surface area (Å²) >= 11 is 0. The van der Waals surface area contributed by atoms with Crippen molar-refractivity contribution in [3.8, 4) is 0 Å². The summed E-state index contributed by atoms with van der Waals surface area (Å²) in [5.41, 5.74) is 0.933. The molecule has 24 heavy (non-hydrogen) atoms. The van der Waals surface area contributed by atoms with Gasteiger partial charge in [0.15, 0.2) is 0 Å². The smallest absolute Gasteiger partial charge is 0.410 e. The maximum atomic E-state index is 12.0. The number of carbonyl (C=O) groups is 3. The molecule has 1 heterocycles. The van der Waals surface area contributed by atoms with Crippen LogP contribution in [0, 0.1) is 0 Å². The van der Waals surface area contributed by atoms with Gasteiger partial charge < -0.3 is 19.3 Å². The highest BCUT2D eigenvalue weighted by atomic mass is 16.6. The largest absolute Gasteiger partial charge is 0.469 e. The van der Waals surface area contributed by atoms with Gasteiger partial charge in [-0.25, -0.2) is 4.79 Å². The third-order valence-electron chi connectivity index (χ3n) is 3.87. The van der Waals surface area contributed by atoms with Crippen molar-refractivity contribution >= 4 is 18.0 Å². The summed E-state index contributed by atoms with van der Waals surface area (Å²) in [7, 11) is 1.30. The van der Waals surface area contributed by atoms with E-state index >= 15 is 0 Å². The highest BCUT2D eigenvalue weighted by Gasteiger charge is 2.25. The van der Waals surface area contributed by atoms with Gasteiger partial charge in [-0.2, -0.15) is 0 Å². The molecule has 0 spiro atoms. The second kappa shape index (κ2) is 8.90. The summed E-state index contributed by atoms with van der Waals surface area (Å²) in [6.45, 7) is 1.98. The minimum atomic E-state index is -0.397. The number of piperazine rings is 1. The highest BCUT2D eigenvalue weighted by molar-refractivity contribution is 5.81. The van der Waals surface area contributed by atoms with Crippen LogP contribution in [0.15, 0.2) is 30.3 Å². The fourth-order valence-corrected chi connectivity index (χ4v) is 2.42. The fourth-order valence-electron chi connectivity index (χ4n) is 2.42. The lowest BCUT2D eigenvalue weighted by Crippen LogP contribution is -2.50. The zero-order valence-electron chi connectivity index (χ0n) is 13.8. The summed E-state index contributed by atoms with van der Waals surface area (Å²) in [5, 5.41) is 0. The number of carbonyl (C=O) groups excluding carboxylic acids is 3. The molecule has 0 aromatic heterocycles. The molecule has 0 radical (unpaired) electrons. The van der Waals surface area contributed by atoms with E-state index < -0.39 is 5.97 Å². The zero-order valence-corrected chi connectivity index (χ0v) is 13.8. The second-order valence-electron chi connectivity index (χ2n) is 5.48. The third kappa shape index (κ3) is 5.26. The lowest BCUT2D eigenvalue weighted by Gasteiger charge is -2.34. The highest BCUT2D eigenvalue weighted by Crippen LogP contribution is 2.09. The number of benzene rings is 1. The van der Waals surface area contributed by atoms with Crippen LogP contribution < -0.4 is 0 Å². The lowest BCUT2D eigenvalue weighted by atomic mass is 10.2. The Balaban J connectivity index is 1.70. The van der Waals surface area contributed by atoms with Gasteiger partial charge in [-0.15, -0.1) is 0 Å². The van der Waals surface area contributed by atoms with E-state index in [0.717, 1.165) is 5.56 Å². The van der Waals surface area contributed by atoms with E-state index in [1.54, 1.807) is 9.80 Å². The molecule has 0 bridgehead atoms. The molecule has 130 valence electrons. The van der Waals surface area contributed by atoms with Crippen molar-refractivity contribution in [3.63, 3.8) is 0 Å². The van der Waals surface area contributed by atoms with Crippen LogP contribution in [0.3, 0.4) is 0 Å². The maximum Gasteiger partial charge on any atom is 0.410 e. The Labute approximate surface area is 141 Å². The molecule has 7 heteroatoms. The monoisotopic (exact) mass is 334 g/mol. The van der Waals surface area contributed by atoms with Crippen LogP contribution in [0.1, 0.15) is 18.4 Å². The van der Waals surface area contributed by atoms with Crippen molar-refractivity contribution in [3.05, 3.63) is 35.9 Å². The molecule has 2 amide bonds. The average molecular weight is 334 g/mol. The number of rotatable bonds is 5. The van der Waals surface area contributed by atoms with Crippen molar-refractivity contribution in [2.75, 3.05) is 33.3 Å². The van der Waals surface area contributed by atoms with Crippen molar-refractivity contribution in [2.45, 2.75) is 19.4 Å². The van der Waals surface area contributed by atoms with Crippen LogP contribution in [-0.4, -0.2) is 61.1 Å². The number of amides is 2. The Bertz CT molecular complexity index is 568. The number of hydrogen-bond donors (Lipinski definition) is 0. The van der Waals surface area contributed by atoms with Gasteiger partial charge in [0, 0.05) is 32.6 Å². The molecule has 0 saturated carbocycles. The quantitative estimate of drug-likeness (QED) is 0.761. The summed E-state index contributed by atoms with van der Waals surface area (Å²) in [6.07, 6.45) is -0.166. The van der Waals surface area contributed by atoms with Gasteiger partial charge in [0.1, 0.15) is 6.61 Å². The van der Waals surface area contributed by atoms with Crippen molar-refractivity contribution < 1.29 is 23.9 Å². The van der Waals surface area contributed by atoms with E-state index in [9.17, 15) is 14.4 Å². The Morgan fingerprint density at radius 3 is 2.21 bits per heavy atom. The Morgan fingerprint density at radius 2 is 1.58 bits per heavy atom. The van der Waals surface area contributed by atoms with Gasteiger partial charge in [0.2, 0.25) is 5.91 Å². The number of hydrogen-bond acceptors (Lipinski definition) is 5. The number of methoxy groups -OCH3 is 1. The lowest BCUT2D eigenvalue weighted by molar-refractivity contribution is -0.144. The van der Waals surface area contributed by atoms with Gasteiger partial charge in [-0.3, -0.25) is 9.59 Å². The molecule has 0 atom stereocenters. The summed E-state index contributed by atoms with van der Waals surface area (Å²) in [5.74, 6) is -0.496. The van der Waals surface area contributed by atoms with E-state index in [2.05, 4.69) is 4.74 Å². The topological polar surface area (TPSA) is 76.2 Å². The average Bonchev–Trinajstić information content (AvgIpc) is 2.64. The van der Waals surface area contributed by atoms with E-state index in [1.807, 2.05) is 30.3 Å². The minimum Gasteiger partial charge on any atom is -0.469 e. The molecule has 1 aromatic carbocycles. The van der Waals surface area contributed by atoms with E-state index in [1.165, 1.54) is 7.11 Å². The maximum absolute atomic E-state index is 12.0. The zero-order chi connectivity index (χ0) is 17.4. The molecule has 7 nitrogen and oxygen atoms in total. The first-order valence-electron chi connectivity index (χ1n) is 7.90. The fraction of sp³-hybridized carbons (Fsp3) is 0.471. The number of nitrogens with zero attached hydrogens (tertiary/aromatic N) is 2. The SMILES string of the molecule is COC(=O)CCC(=O)N1CCN(C(=O)OCc2ccccc2)CC1. The van der Waals surface area contributed by atoms with Gasteiger partial charge in [-0.1, -0.05) is 30.3 Å². The molecule has 1 aromatic rings. The van der Waals surface area contributed by atoms with Crippen molar-refractivity contribution in [1.29, 1.82) is 0 Å². The molecule has 0 unspecified atom stereocenters. The Morgan fingerprint density at radius 1 is 0.958 bits per heavy atom.